The molecule has 5 aromatic rings. The number of nitrogen functional groups attached to an aromatic ring is 1. The Morgan fingerprint density at radius 2 is 1.83 bits per heavy atom. The van der Waals surface area contributed by atoms with Crippen molar-refractivity contribution in [1.82, 2.24) is 14.5 Å². The first-order chi connectivity index (χ1) is 20.2. The van der Waals surface area contributed by atoms with Crippen LogP contribution in [0.15, 0.2) is 83.9 Å². The summed E-state index contributed by atoms with van der Waals surface area (Å²) in [5, 5.41) is 8.31. The standard InChI is InChI=1S/C31H32N6O4S/c1-3-41-29(38)10-6-18-37(42(39,40)27-9-4-7-22-8-5-17-34-30(22)27)24-15-16-26-25(20-24)35-28(36(26)2)19-21-11-13-23(14-12-21)31(32)33/h4-5,7-9,11-17,20H,3,6,10,18-19H2,1-2H3,(H3,32,33). The molecule has 0 fully saturated rings. The molecule has 0 saturated heterocycles. The van der Waals surface area contributed by atoms with Crippen molar-refractivity contribution in [3.63, 3.8) is 0 Å². The predicted octanol–water partition coefficient (Wildman–Crippen LogP) is 4.53. The Kier molecular flexibility index (Phi) is 8.21. The molecule has 0 bridgehead atoms. The zero-order valence-electron chi connectivity index (χ0n) is 23.4. The van der Waals surface area contributed by atoms with Gasteiger partial charge in [-0.15, -0.1) is 0 Å². The number of sulfonamides is 1. The quantitative estimate of drug-likeness (QED) is 0.132. The number of aryl methyl sites for hydroxylation is 1. The molecule has 0 atom stereocenters. The molecule has 0 amide bonds. The second-order valence-electron chi connectivity index (χ2n) is 9.86. The first-order valence-corrected chi connectivity index (χ1v) is 15.0. The van der Waals surface area contributed by atoms with Crippen molar-refractivity contribution in [1.29, 1.82) is 5.41 Å². The Labute approximate surface area is 244 Å². The van der Waals surface area contributed by atoms with Gasteiger partial charge in [-0.1, -0.05) is 42.5 Å². The molecule has 3 N–H and O–H groups in total. The number of nitrogens with zero attached hydrogens (tertiary/aromatic N) is 4. The third kappa shape index (κ3) is 5.82. The van der Waals surface area contributed by atoms with Gasteiger partial charge in [-0.25, -0.2) is 13.4 Å². The van der Waals surface area contributed by atoms with Crippen LogP contribution in [0, 0.1) is 5.41 Å². The molecule has 0 saturated carbocycles. The molecule has 0 aliphatic carbocycles. The lowest BCUT2D eigenvalue weighted by atomic mass is 10.1. The van der Waals surface area contributed by atoms with Crippen molar-refractivity contribution in [2.24, 2.45) is 12.8 Å². The molecule has 10 nitrogen and oxygen atoms in total. The van der Waals surface area contributed by atoms with Gasteiger partial charge in [-0.2, -0.15) is 0 Å². The summed E-state index contributed by atoms with van der Waals surface area (Å²) < 4.78 is 36.7. The van der Waals surface area contributed by atoms with Gasteiger partial charge in [0.05, 0.1) is 28.8 Å². The number of rotatable bonds is 11. The monoisotopic (exact) mass is 584 g/mol. The number of aromatic nitrogens is 3. The number of imidazole rings is 1. The van der Waals surface area contributed by atoms with Crippen LogP contribution in [-0.2, 0) is 33.0 Å². The van der Waals surface area contributed by atoms with Gasteiger partial charge in [0, 0.05) is 43.6 Å². The summed E-state index contributed by atoms with van der Waals surface area (Å²) in [5.41, 5.74) is 9.55. The van der Waals surface area contributed by atoms with Crippen molar-refractivity contribution in [2.45, 2.75) is 31.1 Å². The van der Waals surface area contributed by atoms with Gasteiger partial charge in [-0.05, 0) is 49.2 Å². The van der Waals surface area contributed by atoms with Gasteiger partial charge in [0.1, 0.15) is 16.6 Å². The third-order valence-corrected chi connectivity index (χ3v) is 8.94. The van der Waals surface area contributed by atoms with Crippen molar-refractivity contribution in [2.75, 3.05) is 17.5 Å². The summed E-state index contributed by atoms with van der Waals surface area (Å²) >= 11 is 0. The zero-order valence-corrected chi connectivity index (χ0v) is 24.3. The number of amidine groups is 1. The number of esters is 1. The fraction of sp³-hybridized carbons (Fsp3) is 0.226. The second kappa shape index (κ2) is 12.0. The largest absolute Gasteiger partial charge is 0.466 e. The first-order valence-electron chi connectivity index (χ1n) is 13.6. The topological polar surface area (TPSA) is 144 Å². The van der Waals surface area contributed by atoms with Crippen molar-refractivity contribution in [3.8, 4) is 0 Å². The van der Waals surface area contributed by atoms with Crippen LogP contribution >= 0.6 is 0 Å². The normalized spacial score (nSPS) is 11.6. The van der Waals surface area contributed by atoms with Gasteiger partial charge >= 0.3 is 5.97 Å². The van der Waals surface area contributed by atoms with Crippen LogP contribution in [0.25, 0.3) is 21.9 Å². The maximum Gasteiger partial charge on any atom is 0.305 e. The zero-order chi connectivity index (χ0) is 29.9. The Balaban J connectivity index is 1.52. The number of carbonyl (C=O) groups is 1. The molecule has 3 aromatic carbocycles. The van der Waals surface area contributed by atoms with E-state index in [1.807, 2.05) is 41.9 Å². The average Bonchev–Trinajstić information content (AvgIpc) is 3.29. The number of hydrogen-bond acceptors (Lipinski definition) is 7. The molecule has 0 spiro atoms. The molecule has 0 unspecified atom stereocenters. The molecular formula is C31H32N6O4S. The predicted molar refractivity (Wildman–Crippen MR) is 163 cm³/mol. The Morgan fingerprint density at radius 1 is 1.07 bits per heavy atom. The number of para-hydroxylation sites is 1. The number of nitrogens with two attached hydrogens (primary N) is 1. The summed E-state index contributed by atoms with van der Waals surface area (Å²) in [6.07, 6.45) is 2.48. The second-order valence-corrected chi connectivity index (χ2v) is 11.7. The lowest BCUT2D eigenvalue weighted by Crippen LogP contribution is -2.32. The van der Waals surface area contributed by atoms with Crippen LogP contribution in [0.1, 0.15) is 36.7 Å². The fourth-order valence-electron chi connectivity index (χ4n) is 4.93. The van der Waals surface area contributed by atoms with E-state index in [1.54, 1.807) is 55.6 Å². The van der Waals surface area contributed by atoms with E-state index < -0.39 is 10.0 Å². The Hall–Kier alpha value is -4.77. The maximum absolute atomic E-state index is 14.2. The fourth-order valence-corrected chi connectivity index (χ4v) is 6.59. The highest BCUT2D eigenvalue weighted by Gasteiger charge is 2.28. The minimum Gasteiger partial charge on any atom is -0.466 e. The maximum atomic E-state index is 14.2. The van der Waals surface area contributed by atoms with E-state index in [-0.39, 0.29) is 42.7 Å². The van der Waals surface area contributed by atoms with E-state index in [1.165, 1.54) is 4.31 Å². The van der Waals surface area contributed by atoms with E-state index in [0.29, 0.717) is 34.1 Å². The summed E-state index contributed by atoms with van der Waals surface area (Å²) in [4.78, 5) is 21.3. The van der Waals surface area contributed by atoms with Gasteiger partial charge < -0.3 is 15.0 Å². The molecule has 0 radical (unpaired) electrons. The molecule has 42 heavy (non-hydrogen) atoms. The minimum absolute atomic E-state index is 0.0119. The molecule has 2 heterocycles. The average molecular weight is 585 g/mol. The molecule has 5 rings (SSSR count). The summed E-state index contributed by atoms with van der Waals surface area (Å²) in [7, 11) is -2.15. The number of anilines is 1. The summed E-state index contributed by atoms with van der Waals surface area (Å²) in [5.74, 6) is 0.438. The molecule has 0 aliphatic rings. The smallest absolute Gasteiger partial charge is 0.305 e. The van der Waals surface area contributed by atoms with E-state index in [9.17, 15) is 13.2 Å². The van der Waals surface area contributed by atoms with Crippen molar-refractivity contribution >= 4 is 49.5 Å². The van der Waals surface area contributed by atoms with Gasteiger partial charge in [-0.3, -0.25) is 19.5 Å². The number of ether oxygens (including phenoxy) is 1. The molecule has 0 aliphatic heterocycles. The minimum atomic E-state index is -4.07. The molecular weight excluding hydrogens is 552 g/mol. The highest BCUT2D eigenvalue weighted by Crippen LogP contribution is 2.31. The third-order valence-electron chi connectivity index (χ3n) is 7.08. The van der Waals surface area contributed by atoms with Crippen molar-refractivity contribution in [3.05, 3.63) is 95.9 Å². The highest BCUT2D eigenvalue weighted by atomic mass is 32.2. The summed E-state index contributed by atoms with van der Waals surface area (Å²) in [6, 6.07) is 21.5. The number of hydrogen-bond donors (Lipinski definition) is 2. The first kappa shape index (κ1) is 28.7. The van der Waals surface area contributed by atoms with E-state index in [2.05, 4.69) is 4.98 Å². The Morgan fingerprint density at radius 3 is 2.57 bits per heavy atom. The van der Waals surface area contributed by atoms with Crippen LogP contribution in [0.5, 0.6) is 0 Å². The summed E-state index contributed by atoms with van der Waals surface area (Å²) in [6.45, 7) is 2.07. The van der Waals surface area contributed by atoms with Crippen LogP contribution in [0.3, 0.4) is 0 Å². The van der Waals surface area contributed by atoms with E-state index >= 15 is 0 Å². The lowest BCUT2D eigenvalue weighted by Gasteiger charge is -2.25. The molecule has 2 aromatic heterocycles. The number of carbonyl (C=O) groups excluding carboxylic acids is 1. The number of benzene rings is 3. The van der Waals surface area contributed by atoms with E-state index in [0.717, 1.165) is 16.9 Å². The van der Waals surface area contributed by atoms with Crippen molar-refractivity contribution < 1.29 is 17.9 Å². The number of fused-ring (bicyclic) bond motifs is 2. The molecule has 11 heteroatoms. The number of pyridine rings is 1. The Bertz CT molecular complexity index is 1880. The van der Waals surface area contributed by atoms with Crippen LogP contribution < -0.4 is 10.0 Å². The van der Waals surface area contributed by atoms with Crippen LogP contribution in [0.4, 0.5) is 5.69 Å². The van der Waals surface area contributed by atoms with E-state index in [4.69, 9.17) is 20.9 Å². The van der Waals surface area contributed by atoms with Crippen LogP contribution in [0.2, 0.25) is 0 Å². The SMILES string of the molecule is CCOC(=O)CCCN(c1ccc2c(c1)nc(Cc1ccc(C(=N)N)cc1)n2C)S(=O)(=O)c1cccc2cccnc12. The lowest BCUT2D eigenvalue weighted by molar-refractivity contribution is -0.143. The van der Waals surface area contributed by atoms with Crippen LogP contribution in [-0.4, -0.2) is 47.9 Å². The van der Waals surface area contributed by atoms with Gasteiger partial charge in [0.2, 0.25) is 0 Å². The highest BCUT2D eigenvalue weighted by molar-refractivity contribution is 7.93. The van der Waals surface area contributed by atoms with Gasteiger partial charge in [0.15, 0.2) is 0 Å². The van der Waals surface area contributed by atoms with Gasteiger partial charge in [0.25, 0.3) is 10.0 Å². The number of nitrogens with one attached hydrogen (secondary N) is 1. The molecule has 216 valence electrons.